The number of nitrogens with zero attached hydrogens (tertiary/aromatic N) is 1. The Kier molecular flexibility index (Phi) is 3.69. The average Bonchev–Trinajstić information content (AvgIpc) is 2.82. The minimum absolute atomic E-state index is 0.536. The molecule has 0 radical (unpaired) electrons. The first-order valence-corrected chi connectivity index (χ1v) is 8.60. The van der Waals surface area contributed by atoms with Crippen molar-refractivity contribution in [2.24, 2.45) is 11.1 Å². The zero-order chi connectivity index (χ0) is 13.5. The van der Waals surface area contributed by atoms with Gasteiger partial charge in [0.25, 0.3) is 0 Å². The van der Waals surface area contributed by atoms with Crippen molar-refractivity contribution in [3.8, 4) is 0 Å². The first-order chi connectivity index (χ1) is 9.09. The zero-order valence-electron chi connectivity index (χ0n) is 12.2. The fourth-order valence-corrected chi connectivity index (χ4v) is 4.94. The van der Waals surface area contributed by atoms with E-state index in [1.807, 2.05) is 11.3 Å². The topological polar surface area (TPSA) is 38.9 Å². The second-order valence-electron chi connectivity index (χ2n) is 7.12. The summed E-state index contributed by atoms with van der Waals surface area (Å²) in [4.78, 5) is 6.56. The van der Waals surface area contributed by atoms with Gasteiger partial charge in [-0.05, 0) is 50.4 Å². The van der Waals surface area contributed by atoms with E-state index in [4.69, 9.17) is 10.7 Å². The Balaban J connectivity index is 1.78. The second-order valence-corrected chi connectivity index (χ2v) is 8.24. The molecule has 1 aromatic rings. The number of fused-ring (bicyclic) bond motifs is 1. The van der Waals surface area contributed by atoms with Crippen LogP contribution in [0.25, 0.3) is 0 Å². The van der Waals surface area contributed by atoms with Crippen LogP contribution < -0.4 is 5.73 Å². The fourth-order valence-electron chi connectivity index (χ4n) is 3.58. The van der Waals surface area contributed by atoms with Crippen LogP contribution in [0.2, 0.25) is 0 Å². The highest BCUT2D eigenvalue weighted by Crippen LogP contribution is 2.45. The SMILES string of the molecule is CC1(C)CCC(c2nc3c(s2)CCCC3CN)CC1. The third kappa shape index (κ3) is 2.73. The van der Waals surface area contributed by atoms with Crippen LogP contribution in [0, 0.1) is 5.41 Å². The van der Waals surface area contributed by atoms with Gasteiger partial charge in [-0.2, -0.15) is 0 Å². The molecular weight excluding hydrogens is 252 g/mol. The predicted molar refractivity (Wildman–Crippen MR) is 81.8 cm³/mol. The molecule has 106 valence electrons. The molecule has 2 aliphatic rings. The van der Waals surface area contributed by atoms with E-state index in [9.17, 15) is 0 Å². The van der Waals surface area contributed by atoms with Crippen LogP contribution in [0.4, 0.5) is 0 Å². The number of hydrogen-bond donors (Lipinski definition) is 1. The fraction of sp³-hybridized carbons (Fsp3) is 0.812. The van der Waals surface area contributed by atoms with E-state index < -0.39 is 0 Å². The van der Waals surface area contributed by atoms with Gasteiger partial charge in [-0.1, -0.05) is 13.8 Å². The summed E-state index contributed by atoms with van der Waals surface area (Å²) in [5.74, 6) is 1.26. The number of rotatable bonds is 2. The molecule has 0 spiro atoms. The van der Waals surface area contributed by atoms with Gasteiger partial charge in [-0.3, -0.25) is 0 Å². The van der Waals surface area contributed by atoms with Crippen LogP contribution in [-0.4, -0.2) is 11.5 Å². The third-order valence-electron chi connectivity index (χ3n) is 5.06. The standard InChI is InChI=1S/C16H26N2S/c1-16(2)8-6-11(7-9-16)15-18-14-12(10-17)4-3-5-13(14)19-15/h11-12H,3-10,17H2,1-2H3. The lowest BCUT2D eigenvalue weighted by Crippen LogP contribution is -2.20. The lowest BCUT2D eigenvalue weighted by atomic mass is 9.73. The summed E-state index contributed by atoms with van der Waals surface area (Å²) in [6, 6.07) is 0. The average molecular weight is 278 g/mol. The Morgan fingerprint density at radius 1 is 1.26 bits per heavy atom. The van der Waals surface area contributed by atoms with E-state index in [1.165, 1.54) is 55.6 Å². The molecule has 1 atom stereocenters. The van der Waals surface area contributed by atoms with Gasteiger partial charge < -0.3 is 5.73 Å². The van der Waals surface area contributed by atoms with Crippen molar-refractivity contribution >= 4 is 11.3 Å². The number of thiazole rings is 1. The normalized spacial score (nSPS) is 27.2. The lowest BCUT2D eigenvalue weighted by molar-refractivity contribution is 0.224. The number of aryl methyl sites for hydroxylation is 1. The molecule has 19 heavy (non-hydrogen) atoms. The highest BCUT2D eigenvalue weighted by Gasteiger charge is 2.31. The molecule has 1 heterocycles. The van der Waals surface area contributed by atoms with E-state index in [-0.39, 0.29) is 0 Å². The minimum atomic E-state index is 0.536. The van der Waals surface area contributed by atoms with Gasteiger partial charge in [0.15, 0.2) is 0 Å². The van der Waals surface area contributed by atoms with Gasteiger partial charge in [0, 0.05) is 23.3 Å². The Labute approximate surface area is 120 Å². The molecule has 1 unspecified atom stereocenters. The van der Waals surface area contributed by atoms with Crippen LogP contribution in [0.5, 0.6) is 0 Å². The highest BCUT2D eigenvalue weighted by molar-refractivity contribution is 7.11. The van der Waals surface area contributed by atoms with Gasteiger partial charge in [0.2, 0.25) is 0 Å². The quantitative estimate of drug-likeness (QED) is 0.880. The van der Waals surface area contributed by atoms with Crippen molar-refractivity contribution in [3.63, 3.8) is 0 Å². The van der Waals surface area contributed by atoms with Gasteiger partial charge in [0.05, 0.1) is 10.7 Å². The van der Waals surface area contributed by atoms with E-state index in [0.717, 1.165) is 12.5 Å². The number of hydrogen-bond acceptors (Lipinski definition) is 3. The smallest absolute Gasteiger partial charge is 0.0962 e. The van der Waals surface area contributed by atoms with Gasteiger partial charge in [0.1, 0.15) is 0 Å². The Morgan fingerprint density at radius 2 is 2.00 bits per heavy atom. The summed E-state index contributed by atoms with van der Waals surface area (Å²) in [6.07, 6.45) is 9.13. The molecular formula is C16H26N2S. The summed E-state index contributed by atoms with van der Waals surface area (Å²) in [5.41, 5.74) is 7.81. The molecule has 0 amide bonds. The zero-order valence-corrected chi connectivity index (χ0v) is 13.1. The Hall–Kier alpha value is -0.410. The van der Waals surface area contributed by atoms with Crippen LogP contribution in [-0.2, 0) is 6.42 Å². The molecule has 0 aromatic carbocycles. The number of nitrogens with two attached hydrogens (primary N) is 1. The molecule has 3 rings (SSSR count). The third-order valence-corrected chi connectivity index (χ3v) is 6.35. The van der Waals surface area contributed by atoms with Crippen LogP contribution in [0.1, 0.15) is 79.8 Å². The van der Waals surface area contributed by atoms with Crippen molar-refractivity contribution < 1.29 is 0 Å². The van der Waals surface area contributed by atoms with Crippen molar-refractivity contribution in [1.82, 2.24) is 4.98 Å². The number of aromatic nitrogens is 1. The second kappa shape index (κ2) is 5.17. The summed E-state index contributed by atoms with van der Waals surface area (Å²) >= 11 is 1.99. The lowest BCUT2D eigenvalue weighted by Gasteiger charge is -2.33. The molecule has 0 bridgehead atoms. The van der Waals surface area contributed by atoms with E-state index in [2.05, 4.69) is 13.8 Å². The van der Waals surface area contributed by atoms with Crippen LogP contribution in [0.3, 0.4) is 0 Å². The summed E-state index contributed by atoms with van der Waals surface area (Å²) in [6.45, 7) is 5.58. The van der Waals surface area contributed by atoms with Gasteiger partial charge in [-0.25, -0.2) is 4.98 Å². The predicted octanol–water partition coefficient (Wildman–Crippen LogP) is 4.21. The van der Waals surface area contributed by atoms with E-state index in [1.54, 1.807) is 4.88 Å². The van der Waals surface area contributed by atoms with Crippen molar-refractivity contribution in [1.29, 1.82) is 0 Å². The first kappa shape index (κ1) is 13.6. The molecule has 2 aliphatic carbocycles. The Bertz CT molecular complexity index is 440. The largest absolute Gasteiger partial charge is 0.330 e. The maximum Gasteiger partial charge on any atom is 0.0962 e. The van der Waals surface area contributed by atoms with Crippen molar-refractivity contribution in [3.05, 3.63) is 15.6 Å². The van der Waals surface area contributed by atoms with Gasteiger partial charge in [-0.15, -0.1) is 11.3 Å². The van der Waals surface area contributed by atoms with Crippen molar-refractivity contribution in [2.75, 3.05) is 6.54 Å². The minimum Gasteiger partial charge on any atom is -0.330 e. The van der Waals surface area contributed by atoms with Crippen LogP contribution in [0.15, 0.2) is 0 Å². The monoisotopic (exact) mass is 278 g/mol. The molecule has 1 fully saturated rings. The maximum atomic E-state index is 5.91. The van der Waals surface area contributed by atoms with Gasteiger partial charge >= 0.3 is 0 Å². The summed E-state index contributed by atoms with van der Waals surface area (Å²) in [5, 5.41) is 1.42. The summed E-state index contributed by atoms with van der Waals surface area (Å²) < 4.78 is 0. The van der Waals surface area contributed by atoms with Crippen LogP contribution >= 0.6 is 11.3 Å². The maximum absolute atomic E-state index is 5.91. The first-order valence-electron chi connectivity index (χ1n) is 7.78. The van der Waals surface area contributed by atoms with E-state index in [0.29, 0.717) is 11.3 Å². The molecule has 2 nitrogen and oxygen atoms in total. The Morgan fingerprint density at radius 3 is 2.68 bits per heavy atom. The highest BCUT2D eigenvalue weighted by atomic mass is 32.1. The molecule has 2 N–H and O–H groups in total. The molecule has 0 saturated heterocycles. The molecule has 0 aliphatic heterocycles. The molecule has 3 heteroatoms. The molecule has 1 saturated carbocycles. The molecule has 1 aromatic heterocycles. The summed E-state index contributed by atoms with van der Waals surface area (Å²) in [7, 11) is 0. The van der Waals surface area contributed by atoms with Crippen molar-refractivity contribution in [2.45, 2.75) is 70.6 Å². The van der Waals surface area contributed by atoms with E-state index >= 15 is 0 Å².